The van der Waals surface area contributed by atoms with Crippen LogP contribution in [-0.4, -0.2) is 37.1 Å². The third-order valence-corrected chi connectivity index (χ3v) is 6.50. The van der Waals surface area contributed by atoms with E-state index in [4.69, 9.17) is 0 Å². The van der Waals surface area contributed by atoms with Crippen molar-refractivity contribution in [1.82, 2.24) is 10.2 Å². The molecule has 1 saturated carbocycles. The second kappa shape index (κ2) is 5.07. The van der Waals surface area contributed by atoms with E-state index in [2.05, 4.69) is 10.2 Å². The molecule has 7 nitrogen and oxygen atoms in total. The number of nitrogens with zero attached hydrogens (tertiary/aromatic N) is 3. The van der Waals surface area contributed by atoms with Gasteiger partial charge in [0, 0.05) is 6.04 Å². The van der Waals surface area contributed by atoms with Crippen molar-refractivity contribution < 1.29 is 13.2 Å². The van der Waals surface area contributed by atoms with E-state index in [9.17, 15) is 13.2 Å². The van der Waals surface area contributed by atoms with Crippen molar-refractivity contribution in [3.8, 4) is 0 Å². The molecule has 4 rings (SSSR count). The first-order valence-electron chi connectivity index (χ1n) is 7.86. The minimum absolute atomic E-state index is 0.143. The number of carbonyl (C=O) groups is 1. The van der Waals surface area contributed by atoms with Gasteiger partial charge in [-0.3, -0.25) is 14.2 Å². The number of aryl methyl sites for hydroxylation is 2. The van der Waals surface area contributed by atoms with Crippen LogP contribution < -0.4 is 9.21 Å². The molecule has 1 fully saturated rings. The first kappa shape index (κ1) is 15.2. The second-order valence-electron chi connectivity index (χ2n) is 6.26. The van der Waals surface area contributed by atoms with Gasteiger partial charge in [-0.25, -0.2) is 8.42 Å². The van der Waals surface area contributed by atoms with Crippen molar-refractivity contribution in [2.24, 2.45) is 0 Å². The van der Waals surface area contributed by atoms with E-state index < -0.39 is 10.0 Å². The summed E-state index contributed by atoms with van der Waals surface area (Å²) in [4.78, 5) is 14.5. The molecule has 0 atom stereocenters. The number of para-hydroxylation sites is 2. The van der Waals surface area contributed by atoms with E-state index in [-0.39, 0.29) is 23.4 Å². The zero-order valence-corrected chi connectivity index (χ0v) is 14.3. The highest BCUT2D eigenvalue weighted by Gasteiger charge is 2.43. The molecule has 0 unspecified atom stereocenters. The summed E-state index contributed by atoms with van der Waals surface area (Å²) in [6.45, 7) is 3.13. The van der Waals surface area contributed by atoms with Gasteiger partial charge in [-0.2, -0.15) is 5.10 Å². The number of carbonyl (C=O) groups excluding carboxylic acids is 1. The minimum Gasteiger partial charge on any atom is -0.306 e. The maximum atomic E-state index is 13.2. The Morgan fingerprint density at radius 1 is 1.17 bits per heavy atom. The number of rotatable bonds is 3. The van der Waals surface area contributed by atoms with Crippen LogP contribution in [0.2, 0.25) is 0 Å². The van der Waals surface area contributed by atoms with Crippen molar-refractivity contribution in [3.05, 3.63) is 35.7 Å². The molecule has 0 saturated heterocycles. The zero-order chi connectivity index (χ0) is 17.1. The normalized spacial score (nSPS) is 18.0. The number of H-pyrrole nitrogens is 1. The molecule has 1 amide bonds. The van der Waals surface area contributed by atoms with Crippen LogP contribution in [0.15, 0.2) is 29.2 Å². The topological polar surface area (TPSA) is 86.4 Å². The number of anilines is 2. The lowest BCUT2D eigenvalue weighted by Gasteiger charge is -2.36. The summed E-state index contributed by atoms with van der Waals surface area (Å²) in [5, 5.41) is 6.68. The van der Waals surface area contributed by atoms with E-state index in [1.165, 1.54) is 4.31 Å². The number of nitrogens with one attached hydrogen (secondary N) is 1. The summed E-state index contributed by atoms with van der Waals surface area (Å²) in [6, 6.07) is 7.37. The number of hydrogen-bond acceptors (Lipinski definition) is 4. The van der Waals surface area contributed by atoms with Gasteiger partial charge < -0.3 is 4.90 Å². The number of aromatic nitrogens is 2. The fourth-order valence-corrected chi connectivity index (χ4v) is 5.04. The third kappa shape index (κ3) is 2.13. The van der Waals surface area contributed by atoms with Crippen LogP contribution in [0.3, 0.4) is 0 Å². The van der Waals surface area contributed by atoms with Crippen molar-refractivity contribution in [1.29, 1.82) is 0 Å². The Hall–Kier alpha value is -2.35. The molecule has 1 aromatic carbocycles. The highest BCUT2D eigenvalue weighted by atomic mass is 32.2. The van der Waals surface area contributed by atoms with Gasteiger partial charge in [0.1, 0.15) is 11.4 Å². The Kier molecular flexibility index (Phi) is 3.21. The van der Waals surface area contributed by atoms with Gasteiger partial charge in [-0.05, 0) is 38.8 Å². The van der Waals surface area contributed by atoms with E-state index >= 15 is 0 Å². The summed E-state index contributed by atoms with van der Waals surface area (Å²) in [6.07, 6.45) is 1.93. The Morgan fingerprint density at radius 3 is 2.42 bits per heavy atom. The standard InChI is InChI=1S/C16H18N4O3S/c1-10-16(11(2)18-17-10)24(22,23)19-9-15(21)20(12-7-8-12)14-6-4-3-5-13(14)19/h3-6,12H,7-9H2,1-2H3,(H,17,18). The van der Waals surface area contributed by atoms with Crippen molar-refractivity contribution >= 4 is 27.3 Å². The Bertz CT molecular complexity index is 911. The predicted molar refractivity (Wildman–Crippen MR) is 89.5 cm³/mol. The van der Waals surface area contributed by atoms with E-state index in [0.29, 0.717) is 22.8 Å². The number of amides is 1. The lowest BCUT2D eigenvalue weighted by atomic mass is 10.2. The van der Waals surface area contributed by atoms with E-state index in [1.54, 1.807) is 30.9 Å². The molecule has 0 bridgehead atoms. The average molecular weight is 346 g/mol. The number of sulfonamides is 1. The molecule has 1 aliphatic carbocycles. The fourth-order valence-electron chi connectivity index (χ4n) is 3.28. The maximum absolute atomic E-state index is 13.2. The van der Waals surface area contributed by atoms with E-state index in [1.807, 2.05) is 12.1 Å². The van der Waals surface area contributed by atoms with Gasteiger partial charge >= 0.3 is 0 Å². The quantitative estimate of drug-likeness (QED) is 0.917. The third-order valence-electron chi connectivity index (χ3n) is 4.48. The van der Waals surface area contributed by atoms with Gasteiger partial charge in [-0.15, -0.1) is 0 Å². The van der Waals surface area contributed by atoms with E-state index in [0.717, 1.165) is 12.8 Å². The van der Waals surface area contributed by atoms with Gasteiger partial charge in [0.25, 0.3) is 10.0 Å². The second-order valence-corrected chi connectivity index (χ2v) is 8.06. The summed E-state index contributed by atoms with van der Waals surface area (Å²) >= 11 is 0. The molecule has 1 aromatic heterocycles. The Balaban J connectivity index is 1.87. The van der Waals surface area contributed by atoms with Crippen LogP contribution in [0.5, 0.6) is 0 Å². The Morgan fingerprint density at radius 2 is 1.83 bits per heavy atom. The summed E-state index contributed by atoms with van der Waals surface area (Å²) in [5.74, 6) is -0.182. The van der Waals surface area contributed by atoms with Crippen LogP contribution in [-0.2, 0) is 14.8 Å². The molecule has 0 spiro atoms. The van der Waals surface area contributed by atoms with Crippen molar-refractivity contribution in [2.75, 3.05) is 15.7 Å². The lowest BCUT2D eigenvalue weighted by molar-refractivity contribution is -0.117. The largest absolute Gasteiger partial charge is 0.306 e. The molecule has 126 valence electrons. The van der Waals surface area contributed by atoms with Gasteiger partial charge in [0.2, 0.25) is 5.91 Å². The van der Waals surface area contributed by atoms with Crippen LogP contribution in [0, 0.1) is 13.8 Å². The highest BCUT2D eigenvalue weighted by Crippen LogP contribution is 2.42. The predicted octanol–water partition coefficient (Wildman–Crippen LogP) is 1.73. The lowest BCUT2D eigenvalue weighted by Crippen LogP contribution is -2.49. The molecular formula is C16H18N4O3S. The number of hydrogen-bond donors (Lipinski definition) is 1. The molecule has 0 radical (unpaired) electrons. The maximum Gasteiger partial charge on any atom is 0.268 e. The van der Waals surface area contributed by atoms with Crippen LogP contribution >= 0.6 is 0 Å². The van der Waals surface area contributed by atoms with Gasteiger partial charge in [-0.1, -0.05) is 12.1 Å². The van der Waals surface area contributed by atoms with Crippen LogP contribution in [0.1, 0.15) is 24.2 Å². The van der Waals surface area contributed by atoms with Crippen LogP contribution in [0.25, 0.3) is 0 Å². The molecule has 2 aromatic rings. The molecule has 8 heteroatoms. The smallest absolute Gasteiger partial charge is 0.268 e. The van der Waals surface area contributed by atoms with Crippen LogP contribution in [0.4, 0.5) is 11.4 Å². The molecule has 1 N–H and O–H groups in total. The monoisotopic (exact) mass is 346 g/mol. The average Bonchev–Trinajstić information content (AvgIpc) is 3.31. The molecule has 24 heavy (non-hydrogen) atoms. The van der Waals surface area contributed by atoms with Crippen molar-refractivity contribution in [2.45, 2.75) is 37.6 Å². The highest BCUT2D eigenvalue weighted by molar-refractivity contribution is 7.93. The van der Waals surface area contributed by atoms with Gasteiger partial charge in [0.15, 0.2) is 0 Å². The van der Waals surface area contributed by atoms with Crippen molar-refractivity contribution in [3.63, 3.8) is 0 Å². The molecular weight excluding hydrogens is 328 g/mol. The number of benzene rings is 1. The number of aromatic amines is 1. The SMILES string of the molecule is Cc1n[nH]c(C)c1S(=O)(=O)N1CC(=O)N(C2CC2)c2ccccc21. The minimum atomic E-state index is -3.86. The number of fused-ring (bicyclic) bond motifs is 1. The zero-order valence-electron chi connectivity index (χ0n) is 13.5. The summed E-state index contributed by atoms with van der Waals surface area (Å²) < 4.78 is 27.6. The Labute approximate surface area is 140 Å². The molecule has 1 aliphatic heterocycles. The molecule has 2 heterocycles. The summed E-state index contributed by atoms with van der Waals surface area (Å²) in [5.41, 5.74) is 2.09. The molecule has 2 aliphatic rings. The first-order valence-corrected chi connectivity index (χ1v) is 9.30. The fraction of sp³-hybridized carbons (Fsp3) is 0.375. The first-order chi connectivity index (χ1) is 11.4. The summed E-state index contributed by atoms with van der Waals surface area (Å²) in [7, 11) is -3.86. The van der Waals surface area contributed by atoms with Gasteiger partial charge in [0.05, 0.1) is 22.8 Å².